The predicted octanol–water partition coefficient (Wildman–Crippen LogP) is 3.30. The monoisotopic (exact) mass is 331 g/mol. The van der Waals surface area contributed by atoms with Gasteiger partial charge in [0.2, 0.25) is 5.78 Å². The molecule has 1 heterocycles. The fourth-order valence-corrected chi connectivity index (χ4v) is 1.98. The molecule has 78 valence electrons. The number of para-hydroxylation sites is 1. The Labute approximate surface area is 103 Å². The maximum absolute atomic E-state index is 11.4. The van der Waals surface area contributed by atoms with Crippen molar-refractivity contribution in [1.29, 1.82) is 0 Å². The van der Waals surface area contributed by atoms with Gasteiger partial charge in [-0.05, 0) is 11.6 Å². The maximum Gasteiger partial charge on any atom is 0.265 e. The third-order valence-corrected chi connectivity index (χ3v) is 3.12. The van der Waals surface area contributed by atoms with Crippen molar-refractivity contribution < 1.29 is 9.21 Å². The van der Waals surface area contributed by atoms with Crippen molar-refractivity contribution in [2.45, 2.75) is 5.33 Å². The van der Waals surface area contributed by atoms with Crippen molar-refractivity contribution in [3.8, 4) is 0 Å². The molecule has 3 nitrogen and oxygen atoms in total. The van der Waals surface area contributed by atoms with E-state index < -0.39 is 0 Å². The highest BCUT2D eigenvalue weighted by Crippen LogP contribution is 2.21. The number of nitrogens with zero attached hydrogens (tertiary/aromatic N) is 1. The number of carbonyl (C=O) groups excluding carboxylic acids is 1. The molecule has 0 bridgehead atoms. The van der Waals surface area contributed by atoms with Gasteiger partial charge in [0.1, 0.15) is 5.52 Å². The van der Waals surface area contributed by atoms with Crippen LogP contribution >= 0.6 is 31.9 Å². The molecular formula is C10H7Br2NO2. The first kappa shape index (κ1) is 10.8. The molecule has 1 aromatic heterocycles. The molecule has 0 aliphatic carbocycles. The topological polar surface area (TPSA) is 43.1 Å². The number of hydrogen-bond donors (Lipinski definition) is 0. The van der Waals surface area contributed by atoms with Crippen molar-refractivity contribution in [2.24, 2.45) is 0 Å². The number of hydrogen-bond acceptors (Lipinski definition) is 3. The number of rotatable bonds is 3. The van der Waals surface area contributed by atoms with E-state index in [0.29, 0.717) is 10.9 Å². The lowest BCUT2D eigenvalue weighted by Crippen LogP contribution is -1.99. The Hall–Kier alpha value is -0.680. The number of halogens is 2. The second kappa shape index (κ2) is 4.45. The highest BCUT2D eigenvalue weighted by atomic mass is 79.9. The van der Waals surface area contributed by atoms with Crippen LogP contribution in [0.1, 0.15) is 16.2 Å². The van der Waals surface area contributed by atoms with Crippen LogP contribution in [0.3, 0.4) is 0 Å². The Balaban J connectivity index is 2.60. The normalized spacial score (nSPS) is 10.8. The van der Waals surface area contributed by atoms with Gasteiger partial charge in [0.05, 0.1) is 5.33 Å². The fraction of sp³-hybridized carbons (Fsp3) is 0.200. The number of alkyl halides is 2. The molecule has 0 N–H and O–H groups in total. The average Bonchev–Trinajstić information content (AvgIpc) is 2.71. The predicted molar refractivity (Wildman–Crippen MR) is 64.8 cm³/mol. The highest BCUT2D eigenvalue weighted by molar-refractivity contribution is 9.09. The number of fused-ring (bicyclic) bond motifs is 1. The summed E-state index contributed by atoms with van der Waals surface area (Å²) < 4.78 is 5.35. The summed E-state index contributed by atoms with van der Waals surface area (Å²) in [5, 5.41) is 0.919. The third kappa shape index (κ3) is 1.99. The van der Waals surface area contributed by atoms with Gasteiger partial charge in [-0.3, -0.25) is 4.79 Å². The largest absolute Gasteiger partial charge is 0.434 e. The first-order valence-corrected chi connectivity index (χ1v) is 6.54. The van der Waals surface area contributed by atoms with E-state index >= 15 is 0 Å². The van der Waals surface area contributed by atoms with E-state index in [-0.39, 0.29) is 17.0 Å². The quantitative estimate of drug-likeness (QED) is 0.639. The van der Waals surface area contributed by atoms with Gasteiger partial charge in [0.15, 0.2) is 5.58 Å². The van der Waals surface area contributed by atoms with Gasteiger partial charge < -0.3 is 4.42 Å². The molecule has 1 aromatic carbocycles. The van der Waals surface area contributed by atoms with Crippen molar-refractivity contribution in [3.63, 3.8) is 0 Å². The molecule has 0 aliphatic rings. The number of ketones is 1. The third-order valence-electron chi connectivity index (χ3n) is 2.01. The van der Waals surface area contributed by atoms with Gasteiger partial charge in [-0.15, -0.1) is 0 Å². The van der Waals surface area contributed by atoms with Crippen LogP contribution in [0.4, 0.5) is 0 Å². The van der Waals surface area contributed by atoms with E-state index in [4.69, 9.17) is 4.42 Å². The SMILES string of the molecule is O=C(CBr)c1nc2c(CBr)cccc2o1. The zero-order valence-corrected chi connectivity index (χ0v) is 10.8. The van der Waals surface area contributed by atoms with Crippen LogP contribution in [0.5, 0.6) is 0 Å². The van der Waals surface area contributed by atoms with Crippen LogP contribution in [-0.2, 0) is 5.33 Å². The van der Waals surface area contributed by atoms with Gasteiger partial charge in [-0.1, -0.05) is 44.0 Å². The Bertz CT molecular complexity index is 507. The molecule has 0 atom stereocenters. The molecule has 2 aromatic rings. The summed E-state index contributed by atoms with van der Waals surface area (Å²) in [4.78, 5) is 15.5. The molecule has 0 unspecified atom stereocenters. The Morgan fingerprint density at radius 1 is 1.40 bits per heavy atom. The maximum atomic E-state index is 11.4. The molecule has 0 spiro atoms. The smallest absolute Gasteiger partial charge is 0.265 e. The molecule has 0 saturated heterocycles. The Kier molecular flexibility index (Phi) is 3.21. The molecular weight excluding hydrogens is 326 g/mol. The molecule has 0 aliphatic heterocycles. The molecule has 0 saturated carbocycles. The minimum atomic E-state index is -0.147. The van der Waals surface area contributed by atoms with Crippen molar-refractivity contribution >= 4 is 48.7 Å². The summed E-state index contributed by atoms with van der Waals surface area (Å²) in [5.74, 6) is 0.0157. The highest BCUT2D eigenvalue weighted by Gasteiger charge is 2.14. The van der Waals surface area contributed by atoms with E-state index in [0.717, 1.165) is 11.1 Å². The second-order valence-corrected chi connectivity index (χ2v) is 4.09. The number of benzene rings is 1. The van der Waals surface area contributed by atoms with Crippen LogP contribution in [-0.4, -0.2) is 16.1 Å². The lowest BCUT2D eigenvalue weighted by molar-refractivity contribution is 0.0989. The van der Waals surface area contributed by atoms with Crippen LogP contribution < -0.4 is 0 Å². The van der Waals surface area contributed by atoms with E-state index in [1.54, 1.807) is 6.07 Å². The first-order chi connectivity index (χ1) is 7.26. The van der Waals surface area contributed by atoms with Crippen LogP contribution in [0.25, 0.3) is 11.1 Å². The van der Waals surface area contributed by atoms with Crippen LogP contribution in [0, 0.1) is 0 Å². The lowest BCUT2D eigenvalue weighted by Gasteiger charge is -1.92. The number of oxazole rings is 1. The fourth-order valence-electron chi connectivity index (χ4n) is 1.29. The molecule has 5 heteroatoms. The molecule has 0 amide bonds. The Morgan fingerprint density at radius 3 is 2.87 bits per heavy atom. The zero-order valence-electron chi connectivity index (χ0n) is 7.67. The van der Waals surface area contributed by atoms with Gasteiger partial charge in [-0.25, -0.2) is 4.98 Å². The van der Waals surface area contributed by atoms with E-state index in [1.807, 2.05) is 12.1 Å². The number of carbonyl (C=O) groups is 1. The Morgan fingerprint density at radius 2 is 2.20 bits per heavy atom. The van der Waals surface area contributed by atoms with E-state index in [9.17, 15) is 4.79 Å². The summed E-state index contributed by atoms with van der Waals surface area (Å²) in [6.45, 7) is 0. The van der Waals surface area contributed by atoms with Gasteiger partial charge in [-0.2, -0.15) is 0 Å². The number of Topliss-reactive ketones (excluding diaryl/α,β-unsaturated/α-hetero) is 1. The summed E-state index contributed by atoms with van der Waals surface area (Å²) in [6, 6.07) is 5.63. The lowest BCUT2D eigenvalue weighted by atomic mass is 10.2. The standard InChI is InChI=1S/C10H7Br2NO2/c11-4-6-2-1-3-8-9(6)13-10(15-8)7(14)5-12/h1-3H,4-5H2. The average molecular weight is 333 g/mol. The van der Waals surface area contributed by atoms with E-state index in [1.165, 1.54) is 0 Å². The molecule has 0 fully saturated rings. The molecule has 2 rings (SSSR count). The van der Waals surface area contributed by atoms with Gasteiger partial charge in [0, 0.05) is 5.33 Å². The van der Waals surface area contributed by atoms with Crippen LogP contribution in [0.15, 0.2) is 22.6 Å². The van der Waals surface area contributed by atoms with Gasteiger partial charge in [0.25, 0.3) is 5.89 Å². The molecule has 0 radical (unpaired) electrons. The summed E-state index contributed by atoms with van der Waals surface area (Å²) in [5.41, 5.74) is 2.42. The van der Waals surface area contributed by atoms with Crippen LogP contribution in [0.2, 0.25) is 0 Å². The van der Waals surface area contributed by atoms with E-state index in [2.05, 4.69) is 36.8 Å². The van der Waals surface area contributed by atoms with Crippen molar-refractivity contribution in [3.05, 3.63) is 29.7 Å². The molecule has 15 heavy (non-hydrogen) atoms. The zero-order chi connectivity index (χ0) is 10.8. The van der Waals surface area contributed by atoms with Gasteiger partial charge >= 0.3 is 0 Å². The summed E-state index contributed by atoms with van der Waals surface area (Å²) in [6.07, 6.45) is 0. The van der Waals surface area contributed by atoms with Crippen molar-refractivity contribution in [2.75, 3.05) is 5.33 Å². The minimum Gasteiger partial charge on any atom is -0.434 e. The second-order valence-electron chi connectivity index (χ2n) is 2.97. The van der Waals surface area contributed by atoms with Crippen molar-refractivity contribution in [1.82, 2.24) is 4.98 Å². The summed E-state index contributed by atoms with van der Waals surface area (Å²) in [7, 11) is 0. The summed E-state index contributed by atoms with van der Waals surface area (Å²) >= 11 is 6.45. The first-order valence-electron chi connectivity index (χ1n) is 4.30. The number of aromatic nitrogens is 1. The minimum absolute atomic E-state index is 0.147.